The second-order valence-corrected chi connectivity index (χ2v) is 7.30. The van der Waals surface area contributed by atoms with Gasteiger partial charge in [-0.2, -0.15) is 0 Å². The molecule has 0 unspecified atom stereocenters. The lowest BCUT2D eigenvalue weighted by Gasteiger charge is -2.07. The predicted molar refractivity (Wildman–Crippen MR) is 114 cm³/mol. The van der Waals surface area contributed by atoms with Crippen molar-refractivity contribution in [1.29, 1.82) is 0 Å². The molecule has 1 aromatic heterocycles. The monoisotopic (exact) mass is 453 g/mol. The van der Waals surface area contributed by atoms with Crippen LogP contribution in [0.2, 0.25) is 5.02 Å². The summed E-state index contributed by atoms with van der Waals surface area (Å²) >= 11 is 7.02. The van der Waals surface area contributed by atoms with Gasteiger partial charge in [-0.1, -0.05) is 11.6 Å². The van der Waals surface area contributed by atoms with E-state index < -0.39 is 17.2 Å². The zero-order chi connectivity index (χ0) is 22.1. The molecule has 0 aliphatic rings. The van der Waals surface area contributed by atoms with E-state index in [1.54, 1.807) is 25.1 Å². The van der Waals surface area contributed by atoms with E-state index in [1.165, 1.54) is 25.3 Å². The van der Waals surface area contributed by atoms with Gasteiger partial charge in [0.25, 0.3) is 5.24 Å². The van der Waals surface area contributed by atoms with E-state index in [2.05, 4.69) is 5.32 Å². The van der Waals surface area contributed by atoms with E-state index in [9.17, 15) is 14.4 Å². The molecular weight excluding hydrogens is 434 g/mol. The molecule has 2 aromatic rings. The first-order valence-electron chi connectivity index (χ1n) is 8.78. The van der Waals surface area contributed by atoms with E-state index in [0.29, 0.717) is 27.0 Å². The Labute approximate surface area is 182 Å². The van der Waals surface area contributed by atoms with Crippen LogP contribution in [-0.2, 0) is 14.3 Å². The molecule has 1 amide bonds. The lowest BCUT2D eigenvalue weighted by atomic mass is 10.1. The lowest BCUT2D eigenvalue weighted by molar-refractivity contribution is -0.141. The van der Waals surface area contributed by atoms with Crippen LogP contribution >= 0.6 is 23.4 Å². The smallest absolute Gasteiger partial charge is 0.335 e. The largest absolute Gasteiger partial charge is 0.478 e. The number of esters is 1. The van der Waals surface area contributed by atoms with Gasteiger partial charge in [-0.05, 0) is 55.1 Å². The minimum Gasteiger partial charge on any atom is -0.478 e. The number of carbonyl (C=O) groups is 3. The number of halogens is 1. The van der Waals surface area contributed by atoms with Gasteiger partial charge in [0.15, 0.2) is 0 Å². The number of amides is 1. The van der Waals surface area contributed by atoms with Crippen LogP contribution in [0.4, 0.5) is 4.79 Å². The van der Waals surface area contributed by atoms with Gasteiger partial charge in [0.05, 0.1) is 23.8 Å². The van der Waals surface area contributed by atoms with Crippen molar-refractivity contribution < 1.29 is 33.4 Å². The summed E-state index contributed by atoms with van der Waals surface area (Å²) in [7, 11) is 1.48. The number of carbonyl (C=O) groups excluding carboxylic acids is 2. The van der Waals surface area contributed by atoms with Gasteiger partial charge < -0.3 is 24.3 Å². The topological polar surface area (TPSA) is 115 Å². The van der Waals surface area contributed by atoms with Gasteiger partial charge in [0.2, 0.25) is 0 Å². The van der Waals surface area contributed by atoms with Gasteiger partial charge in [-0.3, -0.25) is 9.59 Å². The fraction of sp³-hybridized carbons (Fsp3) is 0.250. The standard InChI is InChI=1S/C20H20ClNO7S/c1-3-28-18(23)10-22-20(26)30-14(11-27-2)9-13-5-7-17(29-13)15-8-12(19(24)25)4-6-16(15)21/h4-9H,3,10-11H2,1-2H3,(H,22,26)(H,24,25)/b14-9-. The maximum absolute atomic E-state index is 12.0. The normalized spacial score (nSPS) is 11.2. The van der Waals surface area contributed by atoms with Gasteiger partial charge in [0, 0.05) is 17.6 Å². The number of benzene rings is 1. The van der Waals surface area contributed by atoms with Crippen LogP contribution in [0, 0.1) is 0 Å². The summed E-state index contributed by atoms with van der Waals surface area (Å²) in [5.41, 5.74) is 0.515. The highest BCUT2D eigenvalue weighted by molar-refractivity contribution is 8.17. The average Bonchev–Trinajstić information content (AvgIpc) is 3.15. The number of rotatable bonds is 9. The van der Waals surface area contributed by atoms with Crippen molar-refractivity contribution >= 4 is 46.6 Å². The molecule has 8 nitrogen and oxygen atoms in total. The summed E-state index contributed by atoms with van der Waals surface area (Å²) in [4.78, 5) is 35.1. The second kappa shape index (κ2) is 11.4. The Balaban J connectivity index is 2.15. The Kier molecular flexibility index (Phi) is 8.97. The highest BCUT2D eigenvalue weighted by Gasteiger charge is 2.14. The van der Waals surface area contributed by atoms with Crippen molar-refractivity contribution in [3.8, 4) is 11.3 Å². The number of thioether (sulfide) groups is 1. The Bertz CT molecular complexity index is 954. The number of hydrogen-bond acceptors (Lipinski definition) is 7. The Hall–Kier alpha value is -2.75. The minimum atomic E-state index is -1.08. The minimum absolute atomic E-state index is 0.0804. The fourth-order valence-corrected chi connectivity index (χ4v) is 3.28. The van der Waals surface area contributed by atoms with Crippen LogP contribution in [0.25, 0.3) is 17.4 Å². The molecule has 0 aliphatic heterocycles. The molecule has 0 saturated carbocycles. The third kappa shape index (κ3) is 6.94. The summed E-state index contributed by atoms with van der Waals surface area (Å²) in [5.74, 6) is -0.811. The highest BCUT2D eigenvalue weighted by atomic mass is 35.5. The molecule has 160 valence electrons. The number of furan rings is 1. The zero-order valence-corrected chi connectivity index (χ0v) is 17.8. The Morgan fingerprint density at radius 1 is 1.27 bits per heavy atom. The van der Waals surface area contributed by atoms with E-state index in [1.807, 2.05) is 0 Å². The van der Waals surface area contributed by atoms with Crippen molar-refractivity contribution in [3.63, 3.8) is 0 Å². The van der Waals surface area contributed by atoms with Crippen molar-refractivity contribution in [3.05, 3.63) is 51.6 Å². The maximum atomic E-state index is 12.0. The molecular formula is C20H20ClNO7S. The molecule has 0 radical (unpaired) electrons. The molecule has 2 rings (SSSR count). The molecule has 0 fully saturated rings. The summed E-state index contributed by atoms with van der Waals surface area (Å²) in [6, 6.07) is 7.61. The van der Waals surface area contributed by atoms with Crippen LogP contribution in [0.3, 0.4) is 0 Å². The van der Waals surface area contributed by atoms with Gasteiger partial charge in [-0.15, -0.1) is 0 Å². The molecule has 2 N–H and O–H groups in total. The molecule has 0 aliphatic carbocycles. The van der Waals surface area contributed by atoms with Crippen molar-refractivity contribution in [2.24, 2.45) is 0 Å². The van der Waals surface area contributed by atoms with Crippen LogP contribution in [0.1, 0.15) is 23.0 Å². The predicted octanol–water partition coefficient (Wildman–Crippen LogP) is 4.29. The van der Waals surface area contributed by atoms with E-state index >= 15 is 0 Å². The lowest BCUT2D eigenvalue weighted by Crippen LogP contribution is -2.27. The Morgan fingerprint density at radius 2 is 2.03 bits per heavy atom. The van der Waals surface area contributed by atoms with Gasteiger partial charge in [0.1, 0.15) is 18.1 Å². The molecule has 30 heavy (non-hydrogen) atoms. The molecule has 10 heteroatoms. The highest BCUT2D eigenvalue weighted by Crippen LogP contribution is 2.31. The van der Waals surface area contributed by atoms with E-state index in [4.69, 9.17) is 30.6 Å². The third-order valence-corrected chi connectivity index (χ3v) is 4.76. The summed E-state index contributed by atoms with van der Waals surface area (Å²) in [6.07, 6.45) is 1.61. The number of nitrogens with one attached hydrogen (secondary N) is 1. The third-order valence-electron chi connectivity index (χ3n) is 3.60. The fourth-order valence-electron chi connectivity index (χ4n) is 2.34. The average molecular weight is 454 g/mol. The molecule has 1 aromatic carbocycles. The van der Waals surface area contributed by atoms with E-state index in [-0.39, 0.29) is 25.3 Å². The second-order valence-electron chi connectivity index (χ2n) is 5.79. The van der Waals surface area contributed by atoms with Crippen LogP contribution in [0.5, 0.6) is 0 Å². The molecule has 0 atom stereocenters. The summed E-state index contributed by atoms with van der Waals surface area (Å²) < 4.78 is 15.6. The number of hydrogen-bond donors (Lipinski definition) is 2. The number of carboxylic acids is 1. The summed E-state index contributed by atoms with van der Waals surface area (Å²) in [5, 5.41) is 11.5. The van der Waals surface area contributed by atoms with Gasteiger partial charge in [-0.25, -0.2) is 4.79 Å². The van der Waals surface area contributed by atoms with Crippen LogP contribution < -0.4 is 5.32 Å². The quantitative estimate of drug-likeness (QED) is 0.540. The first kappa shape index (κ1) is 23.5. The molecule has 0 spiro atoms. The van der Waals surface area contributed by atoms with E-state index in [0.717, 1.165) is 11.8 Å². The maximum Gasteiger partial charge on any atom is 0.335 e. The first-order valence-corrected chi connectivity index (χ1v) is 9.97. The number of ether oxygens (including phenoxy) is 2. The number of carboxylic acid groups (broad SMARTS) is 1. The van der Waals surface area contributed by atoms with Crippen molar-refractivity contribution in [2.75, 3.05) is 26.9 Å². The molecule has 0 saturated heterocycles. The molecule has 1 heterocycles. The number of methoxy groups -OCH3 is 1. The van der Waals surface area contributed by atoms with Gasteiger partial charge >= 0.3 is 11.9 Å². The SMILES string of the molecule is CCOC(=O)CNC(=O)S/C(=C\c1ccc(-c2cc(C(=O)O)ccc2Cl)o1)COC. The Morgan fingerprint density at radius 3 is 2.70 bits per heavy atom. The van der Waals surface area contributed by atoms with Crippen LogP contribution in [-0.4, -0.2) is 49.2 Å². The zero-order valence-electron chi connectivity index (χ0n) is 16.3. The van der Waals surface area contributed by atoms with Crippen molar-refractivity contribution in [2.45, 2.75) is 6.92 Å². The van der Waals surface area contributed by atoms with Crippen LogP contribution in [0.15, 0.2) is 39.7 Å². The molecule has 0 bridgehead atoms. The van der Waals surface area contributed by atoms with Crippen molar-refractivity contribution in [1.82, 2.24) is 5.32 Å². The number of aromatic carboxylic acids is 1. The summed E-state index contributed by atoms with van der Waals surface area (Å²) in [6.45, 7) is 1.82. The first-order chi connectivity index (χ1) is 14.3.